The summed E-state index contributed by atoms with van der Waals surface area (Å²) in [4.78, 5) is 29.2. The molecule has 0 bridgehead atoms. The third kappa shape index (κ3) is 3.78. The van der Waals surface area contributed by atoms with Gasteiger partial charge in [-0.15, -0.1) is 0 Å². The fourth-order valence-corrected chi connectivity index (χ4v) is 3.25. The van der Waals surface area contributed by atoms with E-state index < -0.39 is 0 Å². The van der Waals surface area contributed by atoms with E-state index in [2.05, 4.69) is 37.2 Å². The van der Waals surface area contributed by atoms with Crippen LogP contribution in [0.5, 0.6) is 0 Å². The van der Waals surface area contributed by atoms with Crippen molar-refractivity contribution in [1.82, 2.24) is 29.6 Å². The molecule has 0 spiro atoms. The second-order valence-corrected chi connectivity index (χ2v) is 6.49. The molecule has 0 atom stereocenters. The third-order valence-corrected chi connectivity index (χ3v) is 4.82. The molecule has 9 heteroatoms. The van der Waals surface area contributed by atoms with Crippen LogP contribution in [0.1, 0.15) is 12.5 Å². The molecule has 0 unspecified atom stereocenters. The van der Waals surface area contributed by atoms with Crippen molar-refractivity contribution in [1.29, 1.82) is 0 Å². The highest BCUT2D eigenvalue weighted by Crippen LogP contribution is 2.18. The summed E-state index contributed by atoms with van der Waals surface area (Å²) in [6.07, 6.45) is 5.47. The Hall–Kier alpha value is -3.49. The fourth-order valence-electron chi connectivity index (χ4n) is 3.25. The van der Waals surface area contributed by atoms with Gasteiger partial charge in [-0.2, -0.15) is 5.10 Å². The van der Waals surface area contributed by atoms with E-state index in [0.29, 0.717) is 32.0 Å². The maximum absolute atomic E-state index is 12.6. The van der Waals surface area contributed by atoms with Crippen LogP contribution in [0.4, 0.5) is 16.3 Å². The quantitative estimate of drug-likeness (QED) is 0.746. The maximum Gasteiger partial charge on any atom is 0.321 e. The Kier molecular flexibility index (Phi) is 5.14. The van der Waals surface area contributed by atoms with Crippen LogP contribution >= 0.6 is 0 Å². The maximum atomic E-state index is 12.6. The van der Waals surface area contributed by atoms with Crippen molar-refractivity contribution in [3.8, 4) is 5.82 Å². The summed E-state index contributed by atoms with van der Waals surface area (Å²) in [6.45, 7) is 4.75. The van der Waals surface area contributed by atoms with Gasteiger partial charge < -0.3 is 15.1 Å². The number of carbonyl (C=O) groups excluding carboxylic acids is 1. The minimum atomic E-state index is -0.0634. The van der Waals surface area contributed by atoms with Crippen LogP contribution in [0.15, 0.2) is 49.3 Å². The van der Waals surface area contributed by atoms with E-state index in [-0.39, 0.29) is 6.03 Å². The number of benzene rings is 1. The van der Waals surface area contributed by atoms with Gasteiger partial charge in [-0.25, -0.2) is 24.4 Å². The topological polar surface area (TPSA) is 92.1 Å². The Balaban J connectivity index is 1.38. The largest absolute Gasteiger partial charge is 0.353 e. The van der Waals surface area contributed by atoms with Crippen molar-refractivity contribution in [2.24, 2.45) is 0 Å². The van der Waals surface area contributed by atoms with E-state index in [1.165, 1.54) is 12.7 Å². The van der Waals surface area contributed by atoms with Gasteiger partial charge in [0.2, 0.25) is 0 Å². The summed E-state index contributed by atoms with van der Waals surface area (Å²) in [5, 5.41) is 7.14. The number of hydrogen-bond acceptors (Lipinski definition) is 6. The van der Waals surface area contributed by atoms with E-state index in [4.69, 9.17) is 0 Å². The predicted molar refractivity (Wildman–Crippen MR) is 106 cm³/mol. The van der Waals surface area contributed by atoms with E-state index in [1.54, 1.807) is 11.0 Å². The van der Waals surface area contributed by atoms with Gasteiger partial charge in [0.25, 0.3) is 0 Å². The zero-order chi connectivity index (χ0) is 19.3. The normalized spacial score (nSPS) is 14.2. The number of nitrogens with one attached hydrogen (secondary N) is 1. The Morgan fingerprint density at radius 3 is 2.61 bits per heavy atom. The van der Waals surface area contributed by atoms with E-state index in [1.807, 2.05) is 35.2 Å². The van der Waals surface area contributed by atoms with Crippen LogP contribution in [-0.4, -0.2) is 61.8 Å². The van der Waals surface area contributed by atoms with Gasteiger partial charge >= 0.3 is 6.03 Å². The Morgan fingerprint density at radius 2 is 1.86 bits per heavy atom. The molecule has 0 aliphatic carbocycles. The number of aryl methyl sites for hydroxylation is 1. The summed E-state index contributed by atoms with van der Waals surface area (Å²) in [5.41, 5.74) is 2.02. The van der Waals surface area contributed by atoms with Gasteiger partial charge in [0, 0.05) is 37.9 Å². The van der Waals surface area contributed by atoms with Gasteiger partial charge in [-0.3, -0.25) is 0 Å². The summed E-state index contributed by atoms with van der Waals surface area (Å²) < 4.78 is 1.60. The molecule has 3 aromatic rings. The average molecular weight is 378 g/mol. The predicted octanol–water partition coefficient (Wildman–Crippen LogP) is 1.97. The number of para-hydroxylation sites is 1. The zero-order valence-corrected chi connectivity index (χ0v) is 15.7. The number of hydrogen-bond donors (Lipinski definition) is 1. The summed E-state index contributed by atoms with van der Waals surface area (Å²) >= 11 is 0. The van der Waals surface area contributed by atoms with Crippen LogP contribution in [0.2, 0.25) is 0 Å². The van der Waals surface area contributed by atoms with Crippen molar-refractivity contribution < 1.29 is 4.79 Å². The van der Waals surface area contributed by atoms with Crippen LogP contribution in [-0.2, 0) is 6.42 Å². The molecule has 1 aliphatic rings. The highest BCUT2D eigenvalue weighted by atomic mass is 16.2. The molecule has 0 radical (unpaired) electrons. The van der Waals surface area contributed by atoms with Crippen molar-refractivity contribution in [2.45, 2.75) is 13.3 Å². The fraction of sp³-hybridized carbons (Fsp3) is 0.316. The second-order valence-electron chi connectivity index (χ2n) is 6.49. The summed E-state index contributed by atoms with van der Waals surface area (Å²) in [6, 6.07) is 9.72. The number of carbonyl (C=O) groups is 1. The lowest BCUT2D eigenvalue weighted by atomic mass is 10.1. The Morgan fingerprint density at radius 1 is 1.07 bits per heavy atom. The summed E-state index contributed by atoms with van der Waals surface area (Å²) in [5.74, 6) is 1.48. The minimum absolute atomic E-state index is 0.0634. The van der Waals surface area contributed by atoms with E-state index in [0.717, 1.165) is 23.5 Å². The van der Waals surface area contributed by atoms with Crippen molar-refractivity contribution in [3.63, 3.8) is 0 Å². The molecule has 28 heavy (non-hydrogen) atoms. The third-order valence-electron chi connectivity index (χ3n) is 4.82. The number of urea groups is 1. The zero-order valence-electron chi connectivity index (χ0n) is 15.7. The molecule has 1 aliphatic heterocycles. The first-order valence-electron chi connectivity index (χ1n) is 9.30. The van der Waals surface area contributed by atoms with Crippen LogP contribution < -0.4 is 10.2 Å². The smallest absolute Gasteiger partial charge is 0.321 e. The molecule has 1 fully saturated rings. The van der Waals surface area contributed by atoms with E-state index in [9.17, 15) is 4.79 Å². The SMILES string of the molecule is CCc1ccccc1NC(=O)N1CCN(c2cc(-n3cncn3)ncn2)CC1. The molecule has 2 aromatic heterocycles. The standard InChI is InChI=1S/C19H22N8O/c1-2-15-5-3-4-6-16(15)24-19(28)26-9-7-25(8-10-26)17-11-18(22-13-21-17)27-14-20-12-23-27/h3-6,11-14H,2,7-10H2,1H3,(H,24,28). The van der Waals surface area contributed by atoms with E-state index >= 15 is 0 Å². The highest BCUT2D eigenvalue weighted by molar-refractivity contribution is 5.90. The first kappa shape index (κ1) is 17.9. The molecule has 1 aromatic carbocycles. The number of aromatic nitrogens is 5. The lowest BCUT2D eigenvalue weighted by Gasteiger charge is -2.35. The molecule has 1 saturated heterocycles. The lowest BCUT2D eigenvalue weighted by molar-refractivity contribution is 0.208. The average Bonchev–Trinajstić information content (AvgIpc) is 3.29. The first-order valence-corrected chi connectivity index (χ1v) is 9.30. The number of piperazine rings is 1. The molecular formula is C19H22N8O. The highest BCUT2D eigenvalue weighted by Gasteiger charge is 2.22. The molecule has 144 valence electrons. The van der Waals surface area contributed by atoms with Gasteiger partial charge in [0.1, 0.15) is 24.8 Å². The van der Waals surface area contributed by atoms with Crippen molar-refractivity contribution >= 4 is 17.5 Å². The van der Waals surface area contributed by atoms with Crippen LogP contribution in [0.3, 0.4) is 0 Å². The Bertz CT molecular complexity index is 935. The molecule has 2 amide bonds. The van der Waals surface area contributed by atoms with Crippen molar-refractivity contribution in [2.75, 3.05) is 36.4 Å². The molecule has 9 nitrogen and oxygen atoms in total. The minimum Gasteiger partial charge on any atom is -0.353 e. The molecule has 0 saturated carbocycles. The second kappa shape index (κ2) is 8.03. The molecule has 1 N–H and O–H groups in total. The lowest BCUT2D eigenvalue weighted by Crippen LogP contribution is -2.50. The molecular weight excluding hydrogens is 356 g/mol. The monoisotopic (exact) mass is 378 g/mol. The first-order chi connectivity index (χ1) is 13.7. The molecule has 3 heterocycles. The number of rotatable bonds is 4. The number of anilines is 2. The number of amides is 2. The van der Waals surface area contributed by atoms with Crippen LogP contribution in [0, 0.1) is 0 Å². The van der Waals surface area contributed by atoms with Crippen LogP contribution in [0.25, 0.3) is 5.82 Å². The van der Waals surface area contributed by atoms with Gasteiger partial charge in [-0.05, 0) is 18.1 Å². The number of nitrogens with zero attached hydrogens (tertiary/aromatic N) is 7. The van der Waals surface area contributed by atoms with Gasteiger partial charge in [-0.1, -0.05) is 25.1 Å². The van der Waals surface area contributed by atoms with Gasteiger partial charge in [0.15, 0.2) is 5.82 Å². The van der Waals surface area contributed by atoms with Gasteiger partial charge in [0.05, 0.1) is 0 Å². The molecule has 4 rings (SSSR count). The summed E-state index contributed by atoms with van der Waals surface area (Å²) in [7, 11) is 0. The van der Waals surface area contributed by atoms with Crippen molar-refractivity contribution in [3.05, 3.63) is 54.9 Å². The Labute approximate surface area is 163 Å².